The van der Waals surface area contributed by atoms with E-state index >= 15 is 0 Å². The normalized spacial score (nSPS) is 5.83. The van der Waals surface area contributed by atoms with Gasteiger partial charge in [0.1, 0.15) is 0 Å². The van der Waals surface area contributed by atoms with Gasteiger partial charge in [-0.1, -0.05) is 20.3 Å². The molecule has 0 aliphatic carbocycles. The van der Waals surface area contributed by atoms with Crippen LogP contribution in [0, 0.1) is 6.92 Å². The second-order valence-corrected chi connectivity index (χ2v) is 1.21. The topological polar surface area (TPSA) is 0 Å². The lowest BCUT2D eigenvalue weighted by atomic mass is 10.6. The van der Waals surface area contributed by atoms with Gasteiger partial charge in [0.15, 0.2) is 0 Å². The molecule has 0 N–H and O–H groups in total. The van der Waals surface area contributed by atoms with Gasteiger partial charge >= 0.3 is 0 Å². The highest BCUT2D eigenvalue weighted by Crippen LogP contribution is 1.56. The van der Waals surface area contributed by atoms with Crippen LogP contribution in [0.4, 0.5) is 0 Å². The van der Waals surface area contributed by atoms with E-state index < -0.39 is 0 Å². The maximum absolute atomic E-state index is 3.49. The SMILES string of the molecule is CCC.[CH2+]CC. The summed E-state index contributed by atoms with van der Waals surface area (Å²) < 4.78 is 0. The fraction of sp³-hybridized carbons (Fsp3) is 0.833. The molecule has 0 aromatic rings. The third kappa shape index (κ3) is 1890. The predicted octanol–water partition coefficient (Wildman–Crippen LogP) is 2.65. The Bertz CT molecular complexity index is 2.00. The van der Waals surface area contributed by atoms with Crippen molar-refractivity contribution in [1.29, 1.82) is 0 Å². The molecule has 0 aromatic heterocycles. The van der Waals surface area contributed by atoms with E-state index in [1.165, 1.54) is 6.42 Å². The lowest BCUT2D eigenvalue weighted by Gasteiger charge is -1.48. The van der Waals surface area contributed by atoms with Crippen molar-refractivity contribution in [2.24, 2.45) is 0 Å². The molecule has 0 aliphatic rings. The Morgan fingerprint density at radius 1 is 1.17 bits per heavy atom. The summed E-state index contributed by atoms with van der Waals surface area (Å²) in [6.07, 6.45) is 2.25. The molecule has 0 heterocycles. The first-order chi connectivity index (χ1) is 2.83. The van der Waals surface area contributed by atoms with Gasteiger partial charge in [-0.05, 0) is 6.92 Å². The van der Waals surface area contributed by atoms with E-state index in [2.05, 4.69) is 20.8 Å². The summed E-state index contributed by atoms with van der Waals surface area (Å²) in [4.78, 5) is 0. The third-order valence-electron chi connectivity index (χ3n) is 0. The minimum absolute atomic E-state index is 1.00. The van der Waals surface area contributed by atoms with Crippen molar-refractivity contribution >= 4 is 0 Å². The van der Waals surface area contributed by atoms with Crippen LogP contribution < -0.4 is 0 Å². The molecule has 0 rings (SSSR count). The van der Waals surface area contributed by atoms with Crippen molar-refractivity contribution in [2.45, 2.75) is 33.6 Å². The molecule has 0 nitrogen and oxygen atoms in total. The lowest BCUT2D eigenvalue weighted by molar-refractivity contribution is 1.09. The Balaban J connectivity index is 0. The fourth-order valence-electron chi connectivity index (χ4n) is 0. The minimum Gasteiger partial charge on any atom is -0.0656 e. The molecule has 0 atom stereocenters. The summed E-state index contributed by atoms with van der Waals surface area (Å²) in [6, 6.07) is 0. The molecule has 0 amide bonds. The summed E-state index contributed by atoms with van der Waals surface area (Å²) in [5, 5.41) is 0. The van der Waals surface area contributed by atoms with Crippen LogP contribution in [0.1, 0.15) is 33.6 Å². The second-order valence-electron chi connectivity index (χ2n) is 1.21. The molecule has 0 aromatic carbocycles. The van der Waals surface area contributed by atoms with E-state index in [1.807, 2.05) is 6.92 Å². The quantitative estimate of drug-likeness (QED) is 0.398. The number of hydrogen-bond acceptors (Lipinski definition) is 0. The maximum atomic E-state index is 3.49. The van der Waals surface area contributed by atoms with Crippen molar-refractivity contribution in [1.82, 2.24) is 0 Å². The molecular formula is C6H15+. The molecule has 0 radical (unpaired) electrons. The molecule has 0 spiro atoms. The zero-order valence-electron chi connectivity index (χ0n) is 5.12. The monoisotopic (exact) mass is 87.1 g/mol. The lowest BCUT2D eigenvalue weighted by Crippen LogP contribution is -1.29. The van der Waals surface area contributed by atoms with E-state index in [-0.39, 0.29) is 0 Å². The summed E-state index contributed by atoms with van der Waals surface area (Å²) >= 11 is 0. The van der Waals surface area contributed by atoms with Crippen molar-refractivity contribution in [3.05, 3.63) is 6.92 Å². The predicted molar refractivity (Wildman–Crippen MR) is 31.6 cm³/mol. The van der Waals surface area contributed by atoms with Crippen LogP contribution in [0.3, 0.4) is 0 Å². The zero-order valence-corrected chi connectivity index (χ0v) is 5.12. The van der Waals surface area contributed by atoms with Crippen LogP contribution in [0.15, 0.2) is 0 Å². The van der Waals surface area contributed by atoms with E-state index in [1.54, 1.807) is 0 Å². The molecule has 0 saturated carbocycles. The first kappa shape index (κ1) is 9.30. The average Bonchev–Trinajstić information content (AvgIpc) is 1.39. The summed E-state index contributed by atoms with van der Waals surface area (Å²) in [7, 11) is 0. The van der Waals surface area contributed by atoms with Gasteiger partial charge in [-0.2, -0.15) is 0 Å². The van der Waals surface area contributed by atoms with Crippen molar-refractivity contribution in [3.63, 3.8) is 0 Å². The van der Waals surface area contributed by atoms with Crippen LogP contribution in [-0.4, -0.2) is 0 Å². The van der Waals surface area contributed by atoms with Crippen molar-refractivity contribution in [3.8, 4) is 0 Å². The van der Waals surface area contributed by atoms with Gasteiger partial charge in [-0.25, -0.2) is 0 Å². The Hall–Kier alpha value is -0.130. The van der Waals surface area contributed by atoms with Gasteiger partial charge in [0.2, 0.25) is 0 Å². The average molecular weight is 87.2 g/mol. The second kappa shape index (κ2) is 20.9. The largest absolute Gasteiger partial charge is 0.0822 e. The molecule has 0 fully saturated rings. The van der Waals surface area contributed by atoms with Crippen LogP contribution in [0.2, 0.25) is 0 Å². The van der Waals surface area contributed by atoms with E-state index in [0.717, 1.165) is 6.42 Å². The molecule has 38 valence electrons. The fourth-order valence-corrected chi connectivity index (χ4v) is 0. The Morgan fingerprint density at radius 2 is 1.17 bits per heavy atom. The van der Waals surface area contributed by atoms with E-state index in [0.29, 0.717) is 0 Å². The first-order valence-corrected chi connectivity index (χ1v) is 2.62. The molecule has 6 heavy (non-hydrogen) atoms. The van der Waals surface area contributed by atoms with Gasteiger partial charge < -0.3 is 0 Å². The standard InChI is InChI=1S/C3H8.C3H7/c2*1-3-2/h3H2,1-2H3;1,3H2,2H3/q;+1. The van der Waals surface area contributed by atoms with Gasteiger partial charge in [-0.15, -0.1) is 0 Å². The smallest absolute Gasteiger partial charge is 0.0656 e. The van der Waals surface area contributed by atoms with Gasteiger partial charge in [0, 0.05) is 0 Å². The van der Waals surface area contributed by atoms with Crippen LogP contribution in [-0.2, 0) is 0 Å². The highest BCUT2D eigenvalue weighted by atomic mass is 13.4. The molecule has 0 heteroatoms. The summed E-state index contributed by atoms with van der Waals surface area (Å²) in [6.45, 7) is 9.75. The third-order valence-corrected chi connectivity index (χ3v) is 0. The molecule has 0 bridgehead atoms. The van der Waals surface area contributed by atoms with Crippen molar-refractivity contribution < 1.29 is 0 Å². The van der Waals surface area contributed by atoms with Gasteiger partial charge in [0.25, 0.3) is 0 Å². The van der Waals surface area contributed by atoms with Crippen LogP contribution in [0.25, 0.3) is 0 Å². The maximum Gasteiger partial charge on any atom is 0.0822 e. The highest BCUT2D eigenvalue weighted by Gasteiger charge is 1.47. The number of hydrogen-bond donors (Lipinski definition) is 0. The first-order valence-electron chi connectivity index (χ1n) is 2.62. The summed E-state index contributed by atoms with van der Waals surface area (Å²) in [5.74, 6) is 0. The van der Waals surface area contributed by atoms with Crippen LogP contribution in [0.5, 0.6) is 0 Å². The molecule has 0 aliphatic heterocycles. The zero-order chi connectivity index (χ0) is 5.41. The Kier molecular flexibility index (Phi) is 32.3. The Labute approximate surface area is 41.6 Å². The summed E-state index contributed by atoms with van der Waals surface area (Å²) in [5.41, 5.74) is 0. The van der Waals surface area contributed by atoms with Gasteiger partial charge in [0.05, 0.1) is 13.3 Å². The van der Waals surface area contributed by atoms with E-state index in [9.17, 15) is 0 Å². The van der Waals surface area contributed by atoms with Gasteiger partial charge in [-0.3, -0.25) is 0 Å². The minimum atomic E-state index is 1.00. The van der Waals surface area contributed by atoms with Crippen molar-refractivity contribution in [2.75, 3.05) is 0 Å². The molecular weight excluding hydrogens is 72.1 g/mol. The highest BCUT2D eigenvalue weighted by molar-refractivity contribution is 4.18. The van der Waals surface area contributed by atoms with E-state index in [4.69, 9.17) is 0 Å². The molecule has 0 saturated heterocycles. The number of rotatable bonds is 0. The Morgan fingerprint density at radius 3 is 1.17 bits per heavy atom. The molecule has 0 unspecified atom stereocenters. The van der Waals surface area contributed by atoms with Crippen LogP contribution >= 0.6 is 0 Å².